The van der Waals surface area contributed by atoms with Gasteiger partial charge in [0.05, 0.1) is 18.3 Å². The smallest absolute Gasteiger partial charge is 0.257 e. The lowest BCUT2D eigenvalue weighted by molar-refractivity contribution is -0.134. The van der Waals surface area contributed by atoms with E-state index in [2.05, 4.69) is 36.9 Å². The number of hydrazone groups is 1. The molecular weight excluding hydrogens is 382 g/mol. The predicted molar refractivity (Wildman–Crippen MR) is 118 cm³/mol. The minimum absolute atomic E-state index is 0.0761. The van der Waals surface area contributed by atoms with Crippen LogP contribution in [0.1, 0.15) is 54.0 Å². The van der Waals surface area contributed by atoms with Gasteiger partial charge in [0.25, 0.3) is 5.91 Å². The Morgan fingerprint density at radius 3 is 2.52 bits per heavy atom. The summed E-state index contributed by atoms with van der Waals surface area (Å²) in [6.45, 7) is 6.63. The maximum absolute atomic E-state index is 13.2. The topological polar surface area (TPSA) is 35.9 Å². The number of carbonyl (C=O) groups is 1. The third-order valence-electron chi connectivity index (χ3n) is 5.93. The molecule has 2 aliphatic heterocycles. The molecule has 29 heavy (non-hydrogen) atoms. The fraction of sp³-hybridized carbons (Fsp3) is 0.417. The number of aryl methyl sites for hydroxylation is 2. The number of carbonyl (C=O) groups excluding carboxylic acids is 1. The van der Waals surface area contributed by atoms with Crippen molar-refractivity contribution in [3.8, 4) is 0 Å². The van der Waals surface area contributed by atoms with E-state index < -0.39 is 0 Å². The maximum atomic E-state index is 13.2. The van der Waals surface area contributed by atoms with Gasteiger partial charge < -0.3 is 0 Å². The summed E-state index contributed by atoms with van der Waals surface area (Å²) in [6.07, 6.45) is 4.32. The van der Waals surface area contributed by atoms with E-state index in [9.17, 15) is 4.79 Å². The van der Waals surface area contributed by atoms with Crippen LogP contribution in [0.4, 0.5) is 0 Å². The molecule has 4 rings (SSSR count). The molecule has 0 aromatic heterocycles. The van der Waals surface area contributed by atoms with Gasteiger partial charge in [-0.1, -0.05) is 47.9 Å². The second-order valence-corrected chi connectivity index (χ2v) is 8.65. The number of benzene rings is 2. The molecular formula is C24H28ClN3O. The van der Waals surface area contributed by atoms with Gasteiger partial charge in [-0.2, -0.15) is 5.10 Å². The van der Waals surface area contributed by atoms with E-state index in [-0.39, 0.29) is 11.9 Å². The zero-order chi connectivity index (χ0) is 20.4. The third-order valence-corrected chi connectivity index (χ3v) is 6.18. The highest BCUT2D eigenvalue weighted by molar-refractivity contribution is 6.30. The van der Waals surface area contributed by atoms with Crippen molar-refractivity contribution in [1.82, 2.24) is 9.91 Å². The van der Waals surface area contributed by atoms with Gasteiger partial charge in [0.2, 0.25) is 0 Å². The Hall–Kier alpha value is -2.17. The van der Waals surface area contributed by atoms with Crippen LogP contribution in [0.15, 0.2) is 47.6 Å². The zero-order valence-electron chi connectivity index (χ0n) is 17.2. The summed E-state index contributed by atoms with van der Waals surface area (Å²) < 4.78 is 0. The zero-order valence-corrected chi connectivity index (χ0v) is 18.0. The SMILES string of the molecule is Cc1ccc(C)c(C2=NN(C(=O)CN3CCCCC3)C(c3ccc(Cl)cc3)C2)c1. The van der Waals surface area contributed by atoms with Crippen molar-refractivity contribution in [1.29, 1.82) is 0 Å². The van der Waals surface area contributed by atoms with Crippen LogP contribution in [0.25, 0.3) is 0 Å². The second kappa shape index (κ2) is 8.68. The molecule has 2 aliphatic rings. The molecule has 0 N–H and O–H groups in total. The highest BCUT2D eigenvalue weighted by Crippen LogP contribution is 2.34. The van der Waals surface area contributed by atoms with Crippen LogP contribution in [0.3, 0.4) is 0 Å². The van der Waals surface area contributed by atoms with E-state index in [1.807, 2.05) is 24.3 Å². The van der Waals surface area contributed by atoms with Gasteiger partial charge in [0.15, 0.2) is 0 Å². The number of nitrogens with zero attached hydrogens (tertiary/aromatic N) is 3. The summed E-state index contributed by atoms with van der Waals surface area (Å²) in [5.74, 6) is 0.0761. The first-order valence-electron chi connectivity index (χ1n) is 10.5. The summed E-state index contributed by atoms with van der Waals surface area (Å²) in [4.78, 5) is 15.5. The molecule has 4 nitrogen and oxygen atoms in total. The maximum Gasteiger partial charge on any atom is 0.257 e. The van der Waals surface area contributed by atoms with E-state index in [0.717, 1.165) is 36.3 Å². The molecule has 0 bridgehead atoms. The minimum atomic E-state index is -0.0838. The van der Waals surface area contributed by atoms with E-state index in [1.165, 1.54) is 30.4 Å². The third kappa shape index (κ3) is 4.54. The Balaban J connectivity index is 1.64. The van der Waals surface area contributed by atoms with Gasteiger partial charge in [-0.05, 0) is 69.1 Å². The average Bonchev–Trinajstić information content (AvgIpc) is 3.16. The van der Waals surface area contributed by atoms with Gasteiger partial charge in [-0.25, -0.2) is 5.01 Å². The number of hydrogen-bond acceptors (Lipinski definition) is 3. The van der Waals surface area contributed by atoms with Crippen molar-refractivity contribution in [2.45, 2.75) is 45.6 Å². The molecule has 1 fully saturated rings. The average molecular weight is 410 g/mol. The van der Waals surface area contributed by atoms with Crippen LogP contribution < -0.4 is 0 Å². The van der Waals surface area contributed by atoms with Crippen molar-refractivity contribution in [2.75, 3.05) is 19.6 Å². The summed E-state index contributed by atoms with van der Waals surface area (Å²) in [5, 5.41) is 7.27. The van der Waals surface area contributed by atoms with E-state index in [4.69, 9.17) is 16.7 Å². The number of hydrogen-bond donors (Lipinski definition) is 0. The first kappa shape index (κ1) is 20.1. The lowest BCUT2D eigenvalue weighted by Crippen LogP contribution is -2.40. The van der Waals surface area contributed by atoms with Crippen LogP contribution in [0.2, 0.25) is 5.02 Å². The standard InChI is InChI=1S/C24H28ClN3O/c1-17-6-7-18(2)21(14-17)22-15-23(19-8-10-20(25)11-9-19)28(26-22)24(29)16-27-12-4-3-5-13-27/h6-11,14,23H,3-5,12-13,15-16H2,1-2H3. The summed E-state index contributed by atoms with van der Waals surface area (Å²) in [5.41, 5.74) is 5.59. The molecule has 5 heteroatoms. The first-order valence-corrected chi connectivity index (χ1v) is 10.8. The Bertz CT molecular complexity index is 916. The van der Waals surface area contributed by atoms with Crippen molar-refractivity contribution in [2.24, 2.45) is 5.10 Å². The van der Waals surface area contributed by atoms with Crippen LogP contribution in [-0.2, 0) is 4.79 Å². The molecule has 1 atom stereocenters. The highest BCUT2D eigenvalue weighted by atomic mass is 35.5. The Morgan fingerprint density at radius 2 is 1.79 bits per heavy atom. The normalized spacial score (nSPS) is 20.0. The monoisotopic (exact) mass is 409 g/mol. The molecule has 0 radical (unpaired) electrons. The Morgan fingerprint density at radius 1 is 1.07 bits per heavy atom. The lowest BCUT2D eigenvalue weighted by Gasteiger charge is -2.29. The quantitative estimate of drug-likeness (QED) is 0.702. The largest absolute Gasteiger partial charge is 0.294 e. The fourth-order valence-electron chi connectivity index (χ4n) is 4.28. The van der Waals surface area contributed by atoms with Crippen molar-refractivity contribution >= 4 is 23.2 Å². The number of likely N-dealkylation sites (tertiary alicyclic amines) is 1. The van der Waals surface area contributed by atoms with Crippen molar-refractivity contribution < 1.29 is 4.79 Å². The molecule has 2 heterocycles. The number of amides is 1. The summed E-state index contributed by atoms with van der Waals surface area (Å²) in [7, 11) is 0. The number of halogens is 1. The fourth-order valence-corrected chi connectivity index (χ4v) is 4.40. The summed E-state index contributed by atoms with van der Waals surface area (Å²) >= 11 is 6.09. The molecule has 1 amide bonds. The van der Waals surface area contributed by atoms with Crippen LogP contribution in [0, 0.1) is 13.8 Å². The summed E-state index contributed by atoms with van der Waals surface area (Å²) in [6, 6.07) is 14.1. The van der Waals surface area contributed by atoms with Gasteiger partial charge in [-0.15, -0.1) is 0 Å². The van der Waals surface area contributed by atoms with E-state index in [0.29, 0.717) is 11.6 Å². The van der Waals surface area contributed by atoms with Crippen molar-refractivity contribution in [3.63, 3.8) is 0 Å². The Kier molecular flexibility index (Phi) is 6.02. The molecule has 0 aliphatic carbocycles. The van der Waals surface area contributed by atoms with Crippen molar-refractivity contribution in [3.05, 3.63) is 69.7 Å². The van der Waals surface area contributed by atoms with Gasteiger partial charge in [0.1, 0.15) is 0 Å². The molecule has 2 aromatic carbocycles. The lowest BCUT2D eigenvalue weighted by atomic mass is 9.95. The highest BCUT2D eigenvalue weighted by Gasteiger charge is 2.34. The molecule has 1 saturated heterocycles. The van der Waals surface area contributed by atoms with Crippen LogP contribution in [-0.4, -0.2) is 41.2 Å². The van der Waals surface area contributed by atoms with Gasteiger partial charge >= 0.3 is 0 Å². The predicted octanol–water partition coefficient (Wildman–Crippen LogP) is 5.12. The van der Waals surface area contributed by atoms with Gasteiger partial charge in [0, 0.05) is 17.0 Å². The Labute approximate surface area is 178 Å². The molecule has 2 aromatic rings. The molecule has 1 unspecified atom stereocenters. The van der Waals surface area contributed by atoms with Gasteiger partial charge in [-0.3, -0.25) is 9.69 Å². The number of piperidine rings is 1. The first-order chi connectivity index (χ1) is 14.0. The van der Waals surface area contributed by atoms with Crippen LogP contribution >= 0.6 is 11.6 Å². The molecule has 0 spiro atoms. The minimum Gasteiger partial charge on any atom is -0.294 e. The second-order valence-electron chi connectivity index (χ2n) is 8.21. The molecule has 0 saturated carbocycles. The van der Waals surface area contributed by atoms with Crippen LogP contribution in [0.5, 0.6) is 0 Å². The van der Waals surface area contributed by atoms with E-state index in [1.54, 1.807) is 5.01 Å². The van der Waals surface area contributed by atoms with E-state index >= 15 is 0 Å². The molecule has 152 valence electrons. The number of rotatable bonds is 4.